The van der Waals surface area contributed by atoms with Crippen LogP contribution >= 0.6 is 0 Å². The van der Waals surface area contributed by atoms with E-state index >= 15 is 0 Å². The first-order valence-electron chi connectivity index (χ1n) is 7.01. The predicted octanol–water partition coefficient (Wildman–Crippen LogP) is 3.79. The molecule has 0 saturated heterocycles. The van der Waals surface area contributed by atoms with E-state index in [9.17, 15) is 5.11 Å². The molecule has 0 aliphatic heterocycles. The van der Waals surface area contributed by atoms with E-state index in [0.717, 1.165) is 24.5 Å². The zero-order chi connectivity index (χ0) is 12.1. The van der Waals surface area contributed by atoms with Crippen LogP contribution in [0.15, 0.2) is 22.8 Å². The number of furan rings is 1. The average molecular weight is 236 g/mol. The summed E-state index contributed by atoms with van der Waals surface area (Å²) in [7, 11) is 0. The third-order valence-electron chi connectivity index (χ3n) is 4.25. The standard InChI is InChI=1S/C15H24O2/c1-2-12-6-3-4-8-14(12)15(16)10-9-13-7-5-11-17-13/h5,7,11-12,14-16H,2-4,6,8-10H2,1H3. The summed E-state index contributed by atoms with van der Waals surface area (Å²) in [4.78, 5) is 0. The summed E-state index contributed by atoms with van der Waals surface area (Å²) in [5, 5.41) is 10.3. The largest absolute Gasteiger partial charge is 0.469 e. The van der Waals surface area contributed by atoms with Crippen molar-refractivity contribution >= 4 is 0 Å². The Morgan fingerprint density at radius 2 is 2.24 bits per heavy atom. The zero-order valence-corrected chi connectivity index (χ0v) is 10.8. The van der Waals surface area contributed by atoms with E-state index in [1.807, 2.05) is 12.1 Å². The van der Waals surface area contributed by atoms with Crippen molar-refractivity contribution in [2.75, 3.05) is 0 Å². The molecular formula is C15H24O2. The lowest BCUT2D eigenvalue weighted by atomic mass is 9.74. The number of aryl methyl sites for hydroxylation is 1. The zero-order valence-electron chi connectivity index (χ0n) is 10.8. The summed E-state index contributed by atoms with van der Waals surface area (Å²) in [6, 6.07) is 3.90. The highest BCUT2D eigenvalue weighted by Crippen LogP contribution is 2.35. The van der Waals surface area contributed by atoms with Gasteiger partial charge in [0, 0.05) is 6.42 Å². The lowest BCUT2D eigenvalue weighted by Crippen LogP contribution is -2.30. The maximum absolute atomic E-state index is 10.3. The molecule has 2 rings (SSSR count). The van der Waals surface area contributed by atoms with Crippen LogP contribution in [-0.4, -0.2) is 11.2 Å². The first-order valence-corrected chi connectivity index (χ1v) is 7.01. The van der Waals surface area contributed by atoms with E-state index in [-0.39, 0.29) is 6.10 Å². The molecule has 1 aromatic rings. The molecule has 0 amide bonds. The van der Waals surface area contributed by atoms with Crippen molar-refractivity contribution < 1.29 is 9.52 Å². The minimum Gasteiger partial charge on any atom is -0.469 e. The van der Waals surface area contributed by atoms with Gasteiger partial charge >= 0.3 is 0 Å². The van der Waals surface area contributed by atoms with Gasteiger partial charge in [0.2, 0.25) is 0 Å². The minimum atomic E-state index is -0.148. The van der Waals surface area contributed by atoms with Crippen molar-refractivity contribution in [1.82, 2.24) is 0 Å². The van der Waals surface area contributed by atoms with E-state index in [2.05, 4.69) is 6.92 Å². The second kappa shape index (κ2) is 6.25. The molecule has 1 aliphatic carbocycles. The van der Waals surface area contributed by atoms with Gasteiger partial charge in [0.25, 0.3) is 0 Å². The molecule has 0 bridgehead atoms. The quantitative estimate of drug-likeness (QED) is 0.843. The maximum atomic E-state index is 10.3. The monoisotopic (exact) mass is 236 g/mol. The summed E-state index contributed by atoms with van der Waals surface area (Å²) >= 11 is 0. The van der Waals surface area contributed by atoms with Crippen LogP contribution in [0.5, 0.6) is 0 Å². The molecule has 1 N–H and O–H groups in total. The molecule has 1 aliphatic rings. The lowest BCUT2D eigenvalue weighted by molar-refractivity contribution is 0.0394. The fourth-order valence-corrected chi connectivity index (χ4v) is 3.21. The van der Waals surface area contributed by atoms with Crippen LogP contribution in [0.2, 0.25) is 0 Å². The Hall–Kier alpha value is -0.760. The highest BCUT2D eigenvalue weighted by Gasteiger charge is 2.29. The number of hydrogen-bond acceptors (Lipinski definition) is 2. The highest BCUT2D eigenvalue weighted by molar-refractivity contribution is 4.98. The molecule has 1 saturated carbocycles. The van der Waals surface area contributed by atoms with E-state index in [1.54, 1.807) is 6.26 Å². The van der Waals surface area contributed by atoms with E-state index in [1.165, 1.54) is 32.1 Å². The normalized spacial score (nSPS) is 26.9. The van der Waals surface area contributed by atoms with Crippen LogP contribution in [0, 0.1) is 11.8 Å². The summed E-state index contributed by atoms with van der Waals surface area (Å²) in [5.41, 5.74) is 0. The molecule has 0 radical (unpaired) electrons. The van der Waals surface area contributed by atoms with Gasteiger partial charge in [-0.05, 0) is 36.8 Å². The van der Waals surface area contributed by atoms with Gasteiger partial charge in [-0.15, -0.1) is 0 Å². The maximum Gasteiger partial charge on any atom is 0.103 e. The molecule has 0 aromatic carbocycles. The Labute approximate surface area is 104 Å². The van der Waals surface area contributed by atoms with Crippen molar-refractivity contribution in [3.63, 3.8) is 0 Å². The summed E-state index contributed by atoms with van der Waals surface area (Å²) < 4.78 is 5.31. The van der Waals surface area contributed by atoms with Crippen LogP contribution < -0.4 is 0 Å². The molecular weight excluding hydrogens is 212 g/mol. The third kappa shape index (κ3) is 3.35. The highest BCUT2D eigenvalue weighted by atomic mass is 16.3. The molecule has 17 heavy (non-hydrogen) atoms. The average Bonchev–Trinajstić information content (AvgIpc) is 2.89. The van der Waals surface area contributed by atoms with Gasteiger partial charge in [0.15, 0.2) is 0 Å². The first kappa shape index (κ1) is 12.7. The Balaban J connectivity index is 1.83. The molecule has 1 aromatic heterocycles. The molecule has 2 nitrogen and oxygen atoms in total. The number of aliphatic hydroxyl groups is 1. The van der Waals surface area contributed by atoms with Crippen molar-refractivity contribution in [3.05, 3.63) is 24.2 Å². The smallest absolute Gasteiger partial charge is 0.103 e. The van der Waals surface area contributed by atoms with Crippen molar-refractivity contribution in [3.8, 4) is 0 Å². The van der Waals surface area contributed by atoms with Crippen LogP contribution in [0.4, 0.5) is 0 Å². The van der Waals surface area contributed by atoms with Crippen molar-refractivity contribution in [2.45, 2.75) is 58.0 Å². The lowest BCUT2D eigenvalue weighted by Gasteiger charge is -2.34. The molecule has 3 atom stereocenters. The SMILES string of the molecule is CCC1CCCCC1C(O)CCc1ccco1. The summed E-state index contributed by atoms with van der Waals surface area (Å²) in [5.74, 6) is 2.24. The Kier molecular flexibility index (Phi) is 4.66. The van der Waals surface area contributed by atoms with E-state index in [4.69, 9.17) is 4.42 Å². The number of hydrogen-bond donors (Lipinski definition) is 1. The van der Waals surface area contributed by atoms with Gasteiger partial charge < -0.3 is 9.52 Å². The number of rotatable bonds is 5. The van der Waals surface area contributed by atoms with Gasteiger partial charge in [-0.3, -0.25) is 0 Å². The van der Waals surface area contributed by atoms with Crippen molar-refractivity contribution in [1.29, 1.82) is 0 Å². The Bertz CT molecular complexity index is 305. The topological polar surface area (TPSA) is 33.4 Å². The fourth-order valence-electron chi connectivity index (χ4n) is 3.21. The number of aliphatic hydroxyl groups excluding tert-OH is 1. The van der Waals surface area contributed by atoms with Crippen LogP contribution in [0.3, 0.4) is 0 Å². The van der Waals surface area contributed by atoms with Crippen LogP contribution in [-0.2, 0) is 6.42 Å². The van der Waals surface area contributed by atoms with Gasteiger partial charge in [-0.2, -0.15) is 0 Å². The predicted molar refractivity (Wildman–Crippen MR) is 68.8 cm³/mol. The minimum absolute atomic E-state index is 0.148. The van der Waals surface area contributed by atoms with Crippen LogP contribution in [0.25, 0.3) is 0 Å². The second-order valence-corrected chi connectivity index (χ2v) is 5.30. The fraction of sp³-hybridized carbons (Fsp3) is 0.733. The molecule has 0 spiro atoms. The second-order valence-electron chi connectivity index (χ2n) is 5.30. The van der Waals surface area contributed by atoms with Crippen LogP contribution in [0.1, 0.15) is 51.2 Å². The molecule has 1 heterocycles. The van der Waals surface area contributed by atoms with Crippen molar-refractivity contribution in [2.24, 2.45) is 11.8 Å². The van der Waals surface area contributed by atoms with E-state index < -0.39 is 0 Å². The van der Waals surface area contributed by atoms with Gasteiger partial charge in [-0.25, -0.2) is 0 Å². The Morgan fingerprint density at radius 3 is 2.94 bits per heavy atom. The van der Waals surface area contributed by atoms with Gasteiger partial charge in [0.05, 0.1) is 12.4 Å². The summed E-state index contributed by atoms with van der Waals surface area (Å²) in [6.07, 6.45) is 9.62. The Morgan fingerprint density at radius 1 is 1.41 bits per heavy atom. The first-order chi connectivity index (χ1) is 8.31. The third-order valence-corrected chi connectivity index (χ3v) is 4.25. The molecule has 96 valence electrons. The summed E-state index contributed by atoms with van der Waals surface area (Å²) in [6.45, 7) is 2.25. The molecule has 1 fully saturated rings. The van der Waals surface area contributed by atoms with Gasteiger partial charge in [0.1, 0.15) is 5.76 Å². The van der Waals surface area contributed by atoms with E-state index in [0.29, 0.717) is 5.92 Å². The molecule has 2 heteroatoms. The molecule has 3 unspecified atom stereocenters. The van der Waals surface area contributed by atoms with Gasteiger partial charge in [-0.1, -0.05) is 32.6 Å².